The smallest absolute Gasteiger partial charge is 0.309 e. The molecule has 0 spiro atoms. The van der Waals surface area contributed by atoms with Gasteiger partial charge in [-0.25, -0.2) is 9.37 Å². The number of nitrogens with zero attached hydrogens (tertiary/aromatic N) is 2. The Morgan fingerprint density at radius 1 is 1.38 bits per heavy atom. The molecule has 0 fully saturated rings. The van der Waals surface area contributed by atoms with E-state index in [0.717, 1.165) is 27.5 Å². The zero-order valence-corrected chi connectivity index (χ0v) is 12.2. The molecule has 0 saturated heterocycles. The molecule has 6 heteroatoms. The van der Waals surface area contributed by atoms with Gasteiger partial charge in [0.05, 0.1) is 17.8 Å². The molecule has 0 unspecified atom stereocenters. The number of aryl methyl sites for hydroxylation is 1. The second-order valence-electron chi connectivity index (χ2n) is 4.69. The molecule has 3 aromatic rings. The van der Waals surface area contributed by atoms with Crippen molar-refractivity contribution >= 4 is 22.3 Å². The van der Waals surface area contributed by atoms with Crippen LogP contribution in [0.3, 0.4) is 0 Å². The quantitative estimate of drug-likeness (QED) is 0.804. The first kappa shape index (κ1) is 13.8. The van der Waals surface area contributed by atoms with E-state index in [-0.39, 0.29) is 12.2 Å². The molecule has 0 atom stereocenters. The Morgan fingerprint density at radius 3 is 2.71 bits per heavy atom. The van der Waals surface area contributed by atoms with E-state index < -0.39 is 5.97 Å². The van der Waals surface area contributed by atoms with Crippen molar-refractivity contribution in [1.29, 1.82) is 0 Å². The minimum atomic E-state index is -0.903. The van der Waals surface area contributed by atoms with Crippen molar-refractivity contribution in [2.24, 2.45) is 0 Å². The fourth-order valence-corrected chi connectivity index (χ4v) is 3.41. The van der Waals surface area contributed by atoms with Gasteiger partial charge in [0, 0.05) is 11.1 Å². The number of carboxylic acid groups (broad SMARTS) is 1. The molecule has 2 aromatic heterocycles. The predicted octanol–water partition coefficient (Wildman–Crippen LogP) is 3.39. The molecule has 1 aromatic carbocycles. The highest BCUT2D eigenvalue weighted by molar-refractivity contribution is 7.17. The lowest BCUT2D eigenvalue weighted by Crippen LogP contribution is -1.99. The van der Waals surface area contributed by atoms with E-state index >= 15 is 0 Å². The average molecular weight is 304 g/mol. The zero-order valence-electron chi connectivity index (χ0n) is 11.3. The average Bonchev–Trinajstić information content (AvgIpc) is 2.95. The van der Waals surface area contributed by atoms with E-state index in [0.29, 0.717) is 5.69 Å². The highest BCUT2D eigenvalue weighted by Gasteiger charge is 2.16. The lowest BCUT2D eigenvalue weighted by Gasteiger charge is -2.03. The molecule has 2 heterocycles. The summed E-state index contributed by atoms with van der Waals surface area (Å²) < 4.78 is 15.0. The van der Waals surface area contributed by atoms with Crippen LogP contribution in [0, 0.1) is 5.82 Å². The number of aromatic nitrogens is 2. The van der Waals surface area contributed by atoms with Crippen LogP contribution in [0.25, 0.3) is 16.2 Å². The number of hydrogen-bond acceptors (Lipinski definition) is 3. The largest absolute Gasteiger partial charge is 0.481 e. The molecule has 108 valence electrons. The van der Waals surface area contributed by atoms with Gasteiger partial charge in [0.1, 0.15) is 5.82 Å². The summed E-state index contributed by atoms with van der Waals surface area (Å²) >= 11 is 1.54. The second-order valence-corrected chi connectivity index (χ2v) is 5.75. The molecule has 0 bridgehead atoms. The highest BCUT2D eigenvalue weighted by atomic mass is 32.1. The van der Waals surface area contributed by atoms with Gasteiger partial charge in [-0.3, -0.25) is 9.20 Å². The van der Waals surface area contributed by atoms with Gasteiger partial charge in [-0.1, -0.05) is 6.92 Å². The summed E-state index contributed by atoms with van der Waals surface area (Å²) in [6, 6.07) is 6.31. The van der Waals surface area contributed by atoms with E-state index in [1.807, 2.05) is 4.40 Å². The molecule has 4 nitrogen and oxygen atoms in total. The number of carbonyl (C=O) groups is 1. The van der Waals surface area contributed by atoms with E-state index in [9.17, 15) is 9.18 Å². The minimum absolute atomic E-state index is 0.0985. The first-order valence-corrected chi connectivity index (χ1v) is 7.37. The fraction of sp³-hybridized carbons (Fsp3) is 0.200. The van der Waals surface area contributed by atoms with Gasteiger partial charge >= 0.3 is 5.97 Å². The van der Waals surface area contributed by atoms with Crippen LogP contribution < -0.4 is 0 Å². The molecule has 21 heavy (non-hydrogen) atoms. The van der Waals surface area contributed by atoms with E-state index in [4.69, 9.17) is 5.11 Å². The maximum Gasteiger partial charge on any atom is 0.309 e. The number of benzene rings is 1. The van der Waals surface area contributed by atoms with E-state index in [2.05, 4.69) is 11.9 Å². The van der Waals surface area contributed by atoms with Crippen molar-refractivity contribution in [2.75, 3.05) is 0 Å². The fourth-order valence-electron chi connectivity index (χ4n) is 2.32. The molecular weight excluding hydrogens is 291 g/mol. The van der Waals surface area contributed by atoms with Crippen molar-refractivity contribution in [3.63, 3.8) is 0 Å². The summed E-state index contributed by atoms with van der Waals surface area (Å²) in [4.78, 5) is 17.1. The zero-order chi connectivity index (χ0) is 15.0. The number of imidazole rings is 1. The number of thiazole rings is 1. The van der Waals surface area contributed by atoms with Gasteiger partial charge in [-0.2, -0.15) is 0 Å². The van der Waals surface area contributed by atoms with Crippen LogP contribution in [0.5, 0.6) is 0 Å². The molecule has 1 N–H and O–H groups in total. The van der Waals surface area contributed by atoms with E-state index in [1.54, 1.807) is 18.3 Å². The summed E-state index contributed by atoms with van der Waals surface area (Å²) in [6.07, 6.45) is 2.49. The number of rotatable bonds is 4. The van der Waals surface area contributed by atoms with Crippen molar-refractivity contribution in [2.45, 2.75) is 19.8 Å². The maximum atomic E-state index is 13.1. The van der Waals surface area contributed by atoms with Crippen LogP contribution in [0.1, 0.15) is 17.5 Å². The lowest BCUT2D eigenvalue weighted by molar-refractivity contribution is -0.136. The van der Waals surface area contributed by atoms with E-state index in [1.165, 1.54) is 23.5 Å². The lowest BCUT2D eigenvalue weighted by atomic mass is 10.1. The number of fused-ring (bicyclic) bond motifs is 1. The van der Waals surface area contributed by atoms with Crippen molar-refractivity contribution in [3.05, 3.63) is 46.9 Å². The van der Waals surface area contributed by atoms with Crippen LogP contribution in [0.4, 0.5) is 4.39 Å². The maximum absolute atomic E-state index is 13.1. The standard InChI is InChI=1S/C15H13FN2O2S/c1-2-12-14(9-3-5-10(16)6-4-9)18-8-11(7-13(19)20)17-15(18)21-12/h3-6,8H,2,7H2,1H3,(H,19,20). The molecule has 0 aliphatic rings. The normalized spacial score (nSPS) is 11.1. The van der Waals surface area contributed by atoms with Crippen LogP contribution in [-0.4, -0.2) is 20.5 Å². The summed E-state index contributed by atoms with van der Waals surface area (Å²) in [5.41, 5.74) is 2.39. The van der Waals surface area contributed by atoms with Gasteiger partial charge < -0.3 is 5.11 Å². The molecule has 0 radical (unpaired) electrons. The Labute approximate surface area is 124 Å². The first-order valence-electron chi connectivity index (χ1n) is 6.56. The third kappa shape index (κ3) is 2.54. The van der Waals surface area contributed by atoms with Crippen molar-refractivity contribution in [3.8, 4) is 11.3 Å². The van der Waals surface area contributed by atoms with Crippen LogP contribution in [0.15, 0.2) is 30.5 Å². The highest BCUT2D eigenvalue weighted by Crippen LogP contribution is 2.32. The Hall–Kier alpha value is -2.21. The summed E-state index contributed by atoms with van der Waals surface area (Å²) in [7, 11) is 0. The third-order valence-corrected chi connectivity index (χ3v) is 4.41. The van der Waals surface area contributed by atoms with Crippen molar-refractivity contribution in [1.82, 2.24) is 9.38 Å². The van der Waals surface area contributed by atoms with Gasteiger partial charge in [0.25, 0.3) is 0 Å². The number of hydrogen-bond donors (Lipinski definition) is 1. The van der Waals surface area contributed by atoms with Crippen LogP contribution >= 0.6 is 11.3 Å². The number of halogens is 1. The predicted molar refractivity (Wildman–Crippen MR) is 79.2 cm³/mol. The molecule has 3 rings (SSSR count). The molecular formula is C15H13FN2O2S. The Morgan fingerprint density at radius 2 is 2.10 bits per heavy atom. The molecule has 0 aliphatic heterocycles. The molecule has 0 saturated carbocycles. The van der Waals surface area contributed by atoms with Crippen LogP contribution in [0.2, 0.25) is 0 Å². The Kier molecular flexibility index (Phi) is 3.47. The summed E-state index contributed by atoms with van der Waals surface area (Å²) in [5, 5.41) is 8.86. The van der Waals surface area contributed by atoms with Gasteiger partial charge in [0.15, 0.2) is 4.96 Å². The third-order valence-electron chi connectivity index (χ3n) is 3.21. The topological polar surface area (TPSA) is 54.6 Å². The minimum Gasteiger partial charge on any atom is -0.481 e. The van der Waals surface area contributed by atoms with Gasteiger partial charge in [-0.15, -0.1) is 11.3 Å². The van der Waals surface area contributed by atoms with Gasteiger partial charge in [-0.05, 0) is 36.2 Å². The second kappa shape index (κ2) is 5.29. The molecule has 0 aliphatic carbocycles. The number of aliphatic carboxylic acids is 1. The van der Waals surface area contributed by atoms with Crippen molar-refractivity contribution < 1.29 is 14.3 Å². The first-order chi connectivity index (χ1) is 10.1. The summed E-state index contributed by atoms with van der Waals surface area (Å²) in [5.74, 6) is -1.18. The Bertz CT molecular complexity index is 805. The van der Waals surface area contributed by atoms with Crippen LogP contribution in [-0.2, 0) is 17.6 Å². The van der Waals surface area contributed by atoms with Gasteiger partial charge in [0.2, 0.25) is 0 Å². The Balaban J connectivity index is 2.16. The molecule has 0 amide bonds. The SMILES string of the molecule is CCc1sc2nc(CC(=O)O)cn2c1-c1ccc(F)cc1. The number of carboxylic acids is 1. The monoisotopic (exact) mass is 304 g/mol. The summed E-state index contributed by atoms with van der Waals surface area (Å²) in [6.45, 7) is 2.05.